The third kappa shape index (κ3) is 2.15. The number of pyridine rings is 1. The van der Waals surface area contributed by atoms with Crippen molar-refractivity contribution in [2.75, 3.05) is 0 Å². The van der Waals surface area contributed by atoms with Gasteiger partial charge in [0, 0.05) is 18.8 Å². The first kappa shape index (κ1) is 7.92. The molecule has 0 N–H and O–H groups in total. The van der Waals surface area contributed by atoms with E-state index in [0.29, 0.717) is 12.3 Å². The standard InChI is InChI=1S/C9H11NO/c1-8(4-7-11)9-2-5-10-6-3-9/h2-3,5-8H,4H2,1H3. The molecule has 1 atom stereocenters. The number of hydrogen-bond donors (Lipinski definition) is 0. The summed E-state index contributed by atoms with van der Waals surface area (Å²) >= 11 is 0. The summed E-state index contributed by atoms with van der Waals surface area (Å²) in [6.45, 7) is 2.03. The summed E-state index contributed by atoms with van der Waals surface area (Å²) in [5.41, 5.74) is 1.17. The number of aldehydes is 1. The molecule has 1 aromatic heterocycles. The molecule has 1 rings (SSSR count). The molecule has 11 heavy (non-hydrogen) atoms. The van der Waals surface area contributed by atoms with Gasteiger partial charge < -0.3 is 4.79 Å². The van der Waals surface area contributed by atoms with Gasteiger partial charge in [0.1, 0.15) is 6.29 Å². The van der Waals surface area contributed by atoms with Crippen molar-refractivity contribution >= 4 is 6.29 Å². The van der Waals surface area contributed by atoms with Crippen LogP contribution >= 0.6 is 0 Å². The highest BCUT2D eigenvalue weighted by atomic mass is 16.1. The molecule has 1 unspecified atom stereocenters. The monoisotopic (exact) mass is 149 g/mol. The van der Waals surface area contributed by atoms with Crippen molar-refractivity contribution in [2.24, 2.45) is 0 Å². The summed E-state index contributed by atoms with van der Waals surface area (Å²) in [6, 6.07) is 3.88. The van der Waals surface area contributed by atoms with Gasteiger partial charge in [0.2, 0.25) is 0 Å². The van der Waals surface area contributed by atoms with Crippen LogP contribution in [0.4, 0.5) is 0 Å². The Bertz CT molecular complexity index is 220. The third-order valence-electron chi connectivity index (χ3n) is 1.72. The largest absolute Gasteiger partial charge is 0.303 e. The van der Waals surface area contributed by atoms with Crippen molar-refractivity contribution in [2.45, 2.75) is 19.3 Å². The van der Waals surface area contributed by atoms with Crippen LogP contribution in [-0.2, 0) is 4.79 Å². The lowest BCUT2D eigenvalue weighted by Gasteiger charge is -2.05. The Morgan fingerprint density at radius 3 is 2.73 bits per heavy atom. The van der Waals surface area contributed by atoms with Crippen LogP contribution in [0.2, 0.25) is 0 Å². The lowest BCUT2D eigenvalue weighted by Crippen LogP contribution is -1.93. The maximum atomic E-state index is 10.2. The van der Waals surface area contributed by atoms with Gasteiger partial charge in [-0.1, -0.05) is 6.92 Å². The van der Waals surface area contributed by atoms with Crippen molar-refractivity contribution in [1.82, 2.24) is 4.98 Å². The Hall–Kier alpha value is -1.18. The number of hydrogen-bond acceptors (Lipinski definition) is 2. The van der Waals surface area contributed by atoms with Crippen LogP contribution in [0.5, 0.6) is 0 Å². The Kier molecular flexibility index (Phi) is 2.78. The average molecular weight is 149 g/mol. The van der Waals surface area contributed by atoms with Crippen LogP contribution in [0.25, 0.3) is 0 Å². The van der Waals surface area contributed by atoms with Crippen LogP contribution < -0.4 is 0 Å². The Morgan fingerprint density at radius 2 is 2.18 bits per heavy atom. The highest BCUT2D eigenvalue weighted by Gasteiger charge is 2.02. The van der Waals surface area contributed by atoms with Crippen LogP contribution in [0.1, 0.15) is 24.8 Å². The van der Waals surface area contributed by atoms with Crippen molar-refractivity contribution in [1.29, 1.82) is 0 Å². The molecule has 0 spiro atoms. The lowest BCUT2D eigenvalue weighted by atomic mass is 10.0. The molecule has 1 heterocycles. The first-order chi connectivity index (χ1) is 5.34. The zero-order valence-corrected chi connectivity index (χ0v) is 6.53. The fourth-order valence-corrected chi connectivity index (χ4v) is 0.972. The summed E-state index contributed by atoms with van der Waals surface area (Å²) in [4.78, 5) is 14.1. The van der Waals surface area contributed by atoms with Crippen molar-refractivity contribution in [3.63, 3.8) is 0 Å². The van der Waals surface area contributed by atoms with Crippen LogP contribution in [0.3, 0.4) is 0 Å². The van der Waals surface area contributed by atoms with Crippen molar-refractivity contribution in [3.8, 4) is 0 Å². The van der Waals surface area contributed by atoms with Crippen molar-refractivity contribution in [3.05, 3.63) is 30.1 Å². The summed E-state index contributed by atoms with van der Waals surface area (Å²) in [7, 11) is 0. The van der Waals surface area contributed by atoms with Crippen LogP contribution in [0.15, 0.2) is 24.5 Å². The molecular weight excluding hydrogens is 138 g/mol. The molecule has 0 saturated heterocycles. The fourth-order valence-electron chi connectivity index (χ4n) is 0.972. The Morgan fingerprint density at radius 1 is 1.55 bits per heavy atom. The minimum Gasteiger partial charge on any atom is -0.303 e. The molecule has 0 aromatic carbocycles. The first-order valence-electron chi connectivity index (χ1n) is 3.68. The van der Waals surface area contributed by atoms with E-state index in [9.17, 15) is 4.79 Å². The van der Waals surface area contributed by atoms with Gasteiger partial charge in [0.05, 0.1) is 0 Å². The minimum absolute atomic E-state index is 0.315. The maximum absolute atomic E-state index is 10.2. The van der Waals surface area contributed by atoms with E-state index in [-0.39, 0.29) is 0 Å². The number of rotatable bonds is 3. The predicted octanol–water partition coefficient (Wildman–Crippen LogP) is 1.77. The van der Waals surface area contributed by atoms with Gasteiger partial charge in [-0.3, -0.25) is 4.98 Å². The van der Waals surface area contributed by atoms with E-state index in [1.165, 1.54) is 5.56 Å². The molecule has 0 fully saturated rings. The van der Waals surface area contributed by atoms with E-state index in [0.717, 1.165) is 6.29 Å². The number of carbonyl (C=O) groups excluding carboxylic acids is 1. The second-order valence-corrected chi connectivity index (χ2v) is 2.58. The SMILES string of the molecule is CC(CC=O)c1ccncc1. The molecule has 0 saturated carbocycles. The zero-order chi connectivity index (χ0) is 8.10. The normalized spacial score (nSPS) is 12.5. The first-order valence-corrected chi connectivity index (χ1v) is 3.68. The maximum Gasteiger partial charge on any atom is 0.120 e. The smallest absolute Gasteiger partial charge is 0.120 e. The van der Waals surface area contributed by atoms with Gasteiger partial charge in [0.25, 0.3) is 0 Å². The number of nitrogens with zero attached hydrogens (tertiary/aromatic N) is 1. The quantitative estimate of drug-likeness (QED) is 0.613. The minimum atomic E-state index is 0.315. The summed E-state index contributed by atoms with van der Waals surface area (Å²) in [6.07, 6.45) is 5.03. The topological polar surface area (TPSA) is 30.0 Å². The molecule has 0 amide bonds. The molecule has 1 aromatic rings. The lowest BCUT2D eigenvalue weighted by molar-refractivity contribution is -0.108. The van der Waals surface area contributed by atoms with E-state index >= 15 is 0 Å². The highest BCUT2D eigenvalue weighted by Crippen LogP contribution is 2.15. The van der Waals surface area contributed by atoms with Crippen LogP contribution in [0, 0.1) is 0 Å². The van der Waals surface area contributed by atoms with Crippen molar-refractivity contribution < 1.29 is 4.79 Å². The Labute approximate surface area is 66.3 Å². The van der Waals surface area contributed by atoms with Gasteiger partial charge in [-0.05, 0) is 23.6 Å². The molecule has 2 heteroatoms. The summed E-state index contributed by atoms with van der Waals surface area (Å²) in [5, 5.41) is 0. The van der Waals surface area contributed by atoms with E-state index in [1.54, 1.807) is 12.4 Å². The van der Waals surface area contributed by atoms with Gasteiger partial charge in [-0.15, -0.1) is 0 Å². The molecule has 0 bridgehead atoms. The van der Waals surface area contributed by atoms with E-state index in [4.69, 9.17) is 0 Å². The molecule has 58 valence electrons. The molecule has 0 radical (unpaired) electrons. The molecule has 0 aliphatic rings. The Balaban J connectivity index is 2.68. The van der Waals surface area contributed by atoms with Gasteiger partial charge in [-0.2, -0.15) is 0 Å². The number of carbonyl (C=O) groups is 1. The van der Waals surface area contributed by atoms with E-state index in [1.807, 2.05) is 19.1 Å². The third-order valence-corrected chi connectivity index (χ3v) is 1.72. The van der Waals surface area contributed by atoms with Gasteiger partial charge >= 0.3 is 0 Å². The van der Waals surface area contributed by atoms with Gasteiger partial charge in [0.15, 0.2) is 0 Å². The van der Waals surface area contributed by atoms with Gasteiger partial charge in [-0.25, -0.2) is 0 Å². The summed E-state index contributed by atoms with van der Waals surface area (Å²) < 4.78 is 0. The molecular formula is C9H11NO. The summed E-state index contributed by atoms with van der Waals surface area (Å²) in [5.74, 6) is 0.315. The second-order valence-electron chi connectivity index (χ2n) is 2.58. The highest BCUT2D eigenvalue weighted by molar-refractivity contribution is 5.51. The van der Waals surface area contributed by atoms with Crippen LogP contribution in [-0.4, -0.2) is 11.3 Å². The second kappa shape index (κ2) is 3.86. The fraction of sp³-hybridized carbons (Fsp3) is 0.333. The predicted molar refractivity (Wildman–Crippen MR) is 43.3 cm³/mol. The molecule has 2 nitrogen and oxygen atoms in total. The average Bonchev–Trinajstić information content (AvgIpc) is 2.07. The number of aromatic nitrogens is 1. The zero-order valence-electron chi connectivity index (χ0n) is 6.53. The van der Waals surface area contributed by atoms with E-state index < -0.39 is 0 Å². The van der Waals surface area contributed by atoms with E-state index in [2.05, 4.69) is 4.98 Å². The molecule has 0 aliphatic carbocycles. The molecule has 0 aliphatic heterocycles.